The van der Waals surface area contributed by atoms with Gasteiger partial charge in [0.2, 0.25) is 0 Å². The zero-order valence-corrected chi connectivity index (χ0v) is 16.2. The van der Waals surface area contributed by atoms with Crippen molar-refractivity contribution in [3.8, 4) is 6.07 Å². The molecule has 1 rings (SSSR count). The number of carbonyl (C=O) groups is 1. The molecule has 0 heterocycles. The highest BCUT2D eigenvalue weighted by molar-refractivity contribution is 5.97. The Morgan fingerprint density at radius 2 is 1.96 bits per heavy atom. The summed E-state index contributed by atoms with van der Waals surface area (Å²) in [6.45, 7) is 8.68. The lowest BCUT2D eigenvalue weighted by Crippen LogP contribution is -2.37. The second-order valence-corrected chi connectivity index (χ2v) is 6.46. The van der Waals surface area contributed by atoms with E-state index in [1.54, 1.807) is 4.90 Å². The molecule has 0 aliphatic heterocycles. The standard InChI is InChI=1S/C21H31N3O2/c1-4-5-13-26-14-9-12-23-16-20(15-22)21(25)24(18(2)3)17-19-10-7-6-8-11-19/h6-8,10-11,16,18,23H,4-5,9,12-14,17H2,1-3H3/b20-16-. The lowest BCUT2D eigenvalue weighted by atomic mass is 10.1. The topological polar surface area (TPSA) is 65.4 Å². The molecular formula is C21H31N3O2. The number of ether oxygens (including phenoxy) is 1. The van der Waals surface area contributed by atoms with Crippen molar-refractivity contribution in [2.45, 2.75) is 52.6 Å². The molecule has 0 aliphatic rings. The zero-order valence-electron chi connectivity index (χ0n) is 16.2. The van der Waals surface area contributed by atoms with Crippen LogP contribution in [0.15, 0.2) is 42.1 Å². The van der Waals surface area contributed by atoms with E-state index >= 15 is 0 Å². The van der Waals surface area contributed by atoms with Crippen molar-refractivity contribution in [1.82, 2.24) is 10.2 Å². The highest BCUT2D eigenvalue weighted by atomic mass is 16.5. The van der Waals surface area contributed by atoms with E-state index in [2.05, 4.69) is 12.2 Å². The third-order valence-corrected chi connectivity index (χ3v) is 3.93. The fourth-order valence-corrected chi connectivity index (χ4v) is 2.36. The molecule has 1 N–H and O–H groups in total. The average Bonchev–Trinajstić information content (AvgIpc) is 2.65. The predicted octanol–water partition coefficient (Wildman–Crippen LogP) is 3.63. The number of carbonyl (C=O) groups excluding carboxylic acids is 1. The predicted molar refractivity (Wildman–Crippen MR) is 104 cm³/mol. The lowest BCUT2D eigenvalue weighted by molar-refractivity contribution is -0.129. The summed E-state index contributed by atoms with van der Waals surface area (Å²) >= 11 is 0. The van der Waals surface area contributed by atoms with E-state index in [9.17, 15) is 10.1 Å². The number of hydrogen-bond donors (Lipinski definition) is 1. The highest BCUT2D eigenvalue weighted by Gasteiger charge is 2.21. The van der Waals surface area contributed by atoms with Gasteiger partial charge in [-0.05, 0) is 32.3 Å². The van der Waals surface area contributed by atoms with E-state index in [-0.39, 0.29) is 17.5 Å². The van der Waals surface area contributed by atoms with Gasteiger partial charge < -0.3 is 15.0 Å². The number of nitrogens with one attached hydrogen (secondary N) is 1. The smallest absolute Gasteiger partial charge is 0.266 e. The fourth-order valence-electron chi connectivity index (χ4n) is 2.36. The van der Waals surface area contributed by atoms with E-state index < -0.39 is 0 Å². The summed E-state index contributed by atoms with van der Waals surface area (Å²) in [5.41, 5.74) is 1.17. The molecule has 5 heteroatoms. The molecule has 0 aliphatic carbocycles. The Balaban J connectivity index is 2.54. The Morgan fingerprint density at radius 3 is 2.58 bits per heavy atom. The lowest BCUT2D eigenvalue weighted by Gasteiger charge is -2.26. The summed E-state index contributed by atoms with van der Waals surface area (Å²) in [7, 11) is 0. The van der Waals surface area contributed by atoms with Gasteiger partial charge >= 0.3 is 0 Å². The van der Waals surface area contributed by atoms with E-state index in [0.29, 0.717) is 19.7 Å². The first-order valence-electron chi connectivity index (χ1n) is 9.36. The van der Waals surface area contributed by atoms with Crippen LogP contribution in [0.3, 0.4) is 0 Å². The van der Waals surface area contributed by atoms with Crippen LogP contribution in [0.2, 0.25) is 0 Å². The molecule has 0 aromatic heterocycles. The molecule has 1 aromatic carbocycles. The molecule has 0 atom stereocenters. The van der Waals surface area contributed by atoms with Gasteiger partial charge in [-0.15, -0.1) is 0 Å². The Labute approximate surface area is 157 Å². The molecule has 26 heavy (non-hydrogen) atoms. The van der Waals surface area contributed by atoms with Crippen LogP contribution in [0.4, 0.5) is 0 Å². The van der Waals surface area contributed by atoms with Crippen molar-refractivity contribution in [1.29, 1.82) is 5.26 Å². The maximum atomic E-state index is 12.7. The largest absolute Gasteiger partial charge is 0.390 e. The second kappa shape index (κ2) is 13.0. The molecule has 1 aromatic rings. The van der Waals surface area contributed by atoms with Crippen LogP contribution in [0.1, 0.15) is 45.6 Å². The SMILES string of the molecule is CCCCOCCCN/C=C(/C#N)C(=O)N(Cc1ccccc1)C(C)C. The second-order valence-electron chi connectivity index (χ2n) is 6.46. The molecule has 142 valence electrons. The number of benzene rings is 1. The van der Waals surface area contributed by atoms with Crippen LogP contribution < -0.4 is 5.32 Å². The van der Waals surface area contributed by atoms with Crippen LogP contribution in [0.25, 0.3) is 0 Å². The van der Waals surface area contributed by atoms with Gasteiger partial charge in [-0.3, -0.25) is 4.79 Å². The highest BCUT2D eigenvalue weighted by Crippen LogP contribution is 2.12. The number of nitriles is 1. The third-order valence-electron chi connectivity index (χ3n) is 3.93. The summed E-state index contributed by atoms with van der Waals surface area (Å²) < 4.78 is 5.49. The number of unbranched alkanes of at least 4 members (excludes halogenated alkanes) is 1. The number of nitrogens with zero attached hydrogens (tertiary/aromatic N) is 2. The summed E-state index contributed by atoms with van der Waals surface area (Å²) in [4.78, 5) is 14.4. The Morgan fingerprint density at radius 1 is 1.27 bits per heavy atom. The average molecular weight is 357 g/mol. The van der Waals surface area contributed by atoms with E-state index in [1.165, 1.54) is 6.20 Å². The third kappa shape index (κ3) is 8.17. The minimum absolute atomic E-state index is 0.00595. The van der Waals surface area contributed by atoms with Gasteiger partial charge in [-0.2, -0.15) is 5.26 Å². The van der Waals surface area contributed by atoms with Gasteiger partial charge in [-0.25, -0.2) is 0 Å². The van der Waals surface area contributed by atoms with Gasteiger partial charge in [0.25, 0.3) is 5.91 Å². The van der Waals surface area contributed by atoms with Gasteiger partial charge in [0, 0.05) is 38.5 Å². The molecule has 0 fully saturated rings. The van der Waals surface area contributed by atoms with Crippen molar-refractivity contribution in [2.24, 2.45) is 0 Å². The van der Waals surface area contributed by atoms with Crippen molar-refractivity contribution < 1.29 is 9.53 Å². The molecule has 5 nitrogen and oxygen atoms in total. The molecule has 0 radical (unpaired) electrons. The van der Waals surface area contributed by atoms with Gasteiger partial charge in [0.05, 0.1) is 0 Å². The minimum atomic E-state index is -0.252. The van der Waals surface area contributed by atoms with Crippen LogP contribution >= 0.6 is 0 Å². The zero-order chi connectivity index (χ0) is 19.2. The number of amides is 1. The van der Waals surface area contributed by atoms with E-state index in [0.717, 1.165) is 31.4 Å². The number of rotatable bonds is 12. The van der Waals surface area contributed by atoms with Crippen molar-refractivity contribution in [3.05, 3.63) is 47.7 Å². The van der Waals surface area contributed by atoms with E-state index in [1.807, 2.05) is 50.2 Å². The van der Waals surface area contributed by atoms with Crippen LogP contribution in [-0.2, 0) is 16.1 Å². The first kappa shape index (κ1) is 21.7. The van der Waals surface area contributed by atoms with Crippen molar-refractivity contribution in [2.75, 3.05) is 19.8 Å². The normalized spacial score (nSPS) is 11.3. The first-order chi connectivity index (χ1) is 12.6. The van der Waals surface area contributed by atoms with Gasteiger partial charge in [-0.1, -0.05) is 43.7 Å². The quantitative estimate of drug-likeness (QED) is 0.352. The molecule has 1 amide bonds. The summed E-state index contributed by atoms with van der Waals surface area (Å²) in [6, 6.07) is 11.8. The maximum Gasteiger partial charge on any atom is 0.266 e. The molecular weight excluding hydrogens is 326 g/mol. The van der Waals surface area contributed by atoms with E-state index in [4.69, 9.17) is 4.74 Å². The first-order valence-corrected chi connectivity index (χ1v) is 9.36. The molecule has 0 saturated heterocycles. The minimum Gasteiger partial charge on any atom is -0.390 e. The fraction of sp³-hybridized carbons (Fsp3) is 0.524. The van der Waals surface area contributed by atoms with Crippen molar-refractivity contribution >= 4 is 5.91 Å². The molecule has 0 saturated carbocycles. The van der Waals surface area contributed by atoms with Crippen LogP contribution in [-0.4, -0.2) is 36.6 Å². The monoisotopic (exact) mass is 357 g/mol. The Bertz CT molecular complexity index is 591. The van der Waals surface area contributed by atoms with Gasteiger partial charge in [0.1, 0.15) is 11.6 Å². The molecule has 0 spiro atoms. The number of hydrogen-bond acceptors (Lipinski definition) is 4. The Hall–Kier alpha value is -2.32. The maximum absolute atomic E-state index is 12.7. The van der Waals surface area contributed by atoms with Crippen molar-refractivity contribution in [3.63, 3.8) is 0 Å². The van der Waals surface area contributed by atoms with Gasteiger partial charge in [0.15, 0.2) is 0 Å². The summed E-state index contributed by atoms with van der Waals surface area (Å²) in [5.74, 6) is -0.252. The summed E-state index contributed by atoms with van der Waals surface area (Å²) in [5, 5.41) is 12.4. The molecule has 0 bridgehead atoms. The summed E-state index contributed by atoms with van der Waals surface area (Å²) in [6.07, 6.45) is 4.57. The van der Waals surface area contributed by atoms with Crippen LogP contribution in [0, 0.1) is 11.3 Å². The van der Waals surface area contributed by atoms with Crippen LogP contribution in [0.5, 0.6) is 0 Å². The Kier molecular flexibility index (Phi) is 10.8. The molecule has 0 unspecified atom stereocenters.